The number of benzene rings is 1. The van der Waals surface area contributed by atoms with Crippen LogP contribution in [0.4, 0.5) is 13.2 Å². The molecule has 1 rings (SSSR count). The van der Waals surface area contributed by atoms with Crippen LogP contribution in [0.15, 0.2) is 23.1 Å². The molecule has 8 heteroatoms. The molecule has 0 spiro atoms. The Morgan fingerprint density at radius 3 is 2.20 bits per heavy atom. The van der Waals surface area contributed by atoms with Gasteiger partial charge in [-0.05, 0) is 31.0 Å². The van der Waals surface area contributed by atoms with Gasteiger partial charge in [0.05, 0.1) is 15.5 Å². The molecule has 1 N–H and O–H groups in total. The van der Waals surface area contributed by atoms with E-state index in [0.717, 1.165) is 12.1 Å². The summed E-state index contributed by atoms with van der Waals surface area (Å²) in [5.41, 5.74) is -1.17. The molecule has 0 bridgehead atoms. The van der Waals surface area contributed by atoms with Gasteiger partial charge in [0.2, 0.25) is 10.0 Å². The van der Waals surface area contributed by atoms with Gasteiger partial charge >= 0.3 is 6.18 Å². The average molecular weight is 330 g/mol. The van der Waals surface area contributed by atoms with Crippen molar-refractivity contribution in [1.29, 1.82) is 0 Å². The molecule has 0 unspecified atom stereocenters. The fourth-order valence-electron chi connectivity index (χ4n) is 1.34. The average Bonchev–Trinajstić information content (AvgIpc) is 2.26. The third kappa shape index (κ3) is 4.10. The monoisotopic (exact) mass is 329 g/mol. The number of alkyl halides is 3. The second-order valence-electron chi connectivity index (χ2n) is 4.79. The fourth-order valence-corrected chi connectivity index (χ4v) is 2.98. The van der Waals surface area contributed by atoms with Crippen LogP contribution in [-0.4, -0.2) is 14.5 Å². The number of hydrogen-bond acceptors (Lipinski definition) is 2. The Bertz CT molecular complexity index is 585. The van der Waals surface area contributed by atoms with Crippen molar-refractivity contribution in [3.63, 3.8) is 0 Å². The second-order valence-corrected chi connectivity index (χ2v) is 6.91. The smallest absolute Gasteiger partial charge is 0.208 e. The molecule has 114 valence electrons. The zero-order chi connectivity index (χ0) is 15.7. The SMILES string of the molecule is CC(C)[C@@H](C)NS(=O)(=O)c1ccc(Cl)c(C(F)(F)F)c1. The van der Waals surface area contributed by atoms with Crippen LogP contribution in [0, 0.1) is 5.92 Å². The largest absolute Gasteiger partial charge is 0.417 e. The van der Waals surface area contributed by atoms with Crippen LogP contribution in [0.3, 0.4) is 0 Å². The van der Waals surface area contributed by atoms with Crippen LogP contribution < -0.4 is 4.72 Å². The Morgan fingerprint density at radius 1 is 1.20 bits per heavy atom. The molecule has 3 nitrogen and oxygen atoms in total. The molecule has 0 saturated carbocycles. The first kappa shape index (κ1) is 17.3. The summed E-state index contributed by atoms with van der Waals surface area (Å²) >= 11 is 5.45. The third-order valence-corrected chi connectivity index (χ3v) is 4.78. The molecule has 0 fully saturated rings. The summed E-state index contributed by atoms with van der Waals surface area (Å²) in [7, 11) is -4.01. The summed E-state index contributed by atoms with van der Waals surface area (Å²) < 4.78 is 64.5. The first-order chi connectivity index (χ1) is 8.95. The van der Waals surface area contributed by atoms with Gasteiger partial charge in [0.15, 0.2) is 0 Å². The van der Waals surface area contributed by atoms with Gasteiger partial charge < -0.3 is 0 Å². The van der Waals surface area contributed by atoms with Crippen LogP contribution >= 0.6 is 11.6 Å². The minimum absolute atomic E-state index is 0.0131. The van der Waals surface area contributed by atoms with Gasteiger partial charge in [-0.1, -0.05) is 25.4 Å². The lowest BCUT2D eigenvalue weighted by Crippen LogP contribution is -2.36. The van der Waals surface area contributed by atoms with Crippen molar-refractivity contribution in [3.8, 4) is 0 Å². The molecule has 1 aromatic rings. The summed E-state index contributed by atoms with van der Waals surface area (Å²) in [6.45, 7) is 5.25. The van der Waals surface area contributed by atoms with Crippen LogP contribution in [0.2, 0.25) is 5.02 Å². The highest BCUT2D eigenvalue weighted by Gasteiger charge is 2.34. The van der Waals surface area contributed by atoms with E-state index >= 15 is 0 Å². The standard InChI is InChI=1S/C12H15ClF3NO2S/c1-7(2)8(3)17-20(18,19)9-4-5-11(13)10(6-9)12(14,15)16/h4-8,17H,1-3H3/t8-/m1/s1. The van der Waals surface area contributed by atoms with Gasteiger partial charge in [-0.3, -0.25) is 0 Å². The van der Waals surface area contributed by atoms with Crippen LogP contribution in [0.1, 0.15) is 26.3 Å². The summed E-state index contributed by atoms with van der Waals surface area (Å²) in [5, 5.41) is -0.534. The molecule has 1 atom stereocenters. The molecular weight excluding hydrogens is 315 g/mol. The normalized spacial score (nSPS) is 14.6. The molecule has 0 radical (unpaired) electrons. The Labute approximate surface area is 121 Å². The van der Waals surface area contributed by atoms with Gasteiger partial charge in [0, 0.05) is 6.04 Å². The quantitative estimate of drug-likeness (QED) is 0.916. The Kier molecular flexibility index (Phi) is 5.10. The van der Waals surface area contributed by atoms with E-state index in [1.807, 2.05) is 0 Å². The van der Waals surface area contributed by atoms with Crippen molar-refractivity contribution in [2.45, 2.75) is 37.9 Å². The third-order valence-electron chi connectivity index (χ3n) is 2.89. The number of hydrogen-bond donors (Lipinski definition) is 1. The molecule has 0 saturated heterocycles. The number of nitrogens with one attached hydrogen (secondary N) is 1. The summed E-state index contributed by atoms with van der Waals surface area (Å²) in [5.74, 6) is 0.0131. The number of rotatable bonds is 4. The summed E-state index contributed by atoms with van der Waals surface area (Å²) in [6, 6.07) is 2.12. The van der Waals surface area contributed by atoms with E-state index in [1.54, 1.807) is 20.8 Å². The first-order valence-electron chi connectivity index (χ1n) is 5.84. The molecule has 0 amide bonds. The Hall–Kier alpha value is -0.790. The number of sulfonamides is 1. The first-order valence-corrected chi connectivity index (χ1v) is 7.70. The van der Waals surface area contributed by atoms with Crippen LogP contribution in [-0.2, 0) is 16.2 Å². The van der Waals surface area contributed by atoms with E-state index in [1.165, 1.54) is 0 Å². The molecule has 0 aliphatic carbocycles. The summed E-state index contributed by atoms with van der Waals surface area (Å²) in [4.78, 5) is -0.457. The minimum atomic E-state index is -4.70. The van der Waals surface area contributed by atoms with Crippen molar-refractivity contribution in [3.05, 3.63) is 28.8 Å². The second kappa shape index (κ2) is 5.91. The topological polar surface area (TPSA) is 46.2 Å². The van der Waals surface area contributed by atoms with E-state index in [2.05, 4.69) is 4.72 Å². The lowest BCUT2D eigenvalue weighted by atomic mass is 10.1. The minimum Gasteiger partial charge on any atom is -0.208 e. The maximum Gasteiger partial charge on any atom is 0.417 e. The van der Waals surface area contributed by atoms with Crippen LogP contribution in [0.25, 0.3) is 0 Å². The van der Waals surface area contributed by atoms with Gasteiger partial charge in [-0.25, -0.2) is 13.1 Å². The van der Waals surface area contributed by atoms with Gasteiger partial charge in [-0.2, -0.15) is 13.2 Å². The molecule has 0 aromatic heterocycles. The van der Waals surface area contributed by atoms with E-state index in [4.69, 9.17) is 11.6 Å². The molecule has 0 heterocycles. The molecule has 0 aliphatic rings. The van der Waals surface area contributed by atoms with Gasteiger partial charge in [0.25, 0.3) is 0 Å². The van der Waals surface area contributed by atoms with E-state index < -0.39 is 37.7 Å². The number of halogens is 4. The molecule has 0 aliphatic heterocycles. The zero-order valence-electron chi connectivity index (χ0n) is 11.1. The van der Waals surface area contributed by atoms with E-state index in [9.17, 15) is 21.6 Å². The maximum atomic E-state index is 12.7. The lowest BCUT2D eigenvalue weighted by molar-refractivity contribution is -0.137. The zero-order valence-corrected chi connectivity index (χ0v) is 12.7. The maximum absolute atomic E-state index is 12.7. The van der Waals surface area contributed by atoms with E-state index in [0.29, 0.717) is 6.07 Å². The van der Waals surface area contributed by atoms with Crippen molar-refractivity contribution in [1.82, 2.24) is 4.72 Å². The highest BCUT2D eigenvalue weighted by Crippen LogP contribution is 2.35. The molecule has 1 aromatic carbocycles. The van der Waals surface area contributed by atoms with Gasteiger partial charge in [0.1, 0.15) is 0 Å². The van der Waals surface area contributed by atoms with Crippen molar-refractivity contribution in [2.24, 2.45) is 5.92 Å². The molecular formula is C12H15ClF3NO2S. The molecule has 20 heavy (non-hydrogen) atoms. The van der Waals surface area contributed by atoms with Gasteiger partial charge in [-0.15, -0.1) is 0 Å². The van der Waals surface area contributed by atoms with Crippen molar-refractivity contribution < 1.29 is 21.6 Å². The lowest BCUT2D eigenvalue weighted by Gasteiger charge is -2.18. The van der Waals surface area contributed by atoms with Crippen molar-refractivity contribution in [2.75, 3.05) is 0 Å². The van der Waals surface area contributed by atoms with Crippen LogP contribution in [0.5, 0.6) is 0 Å². The van der Waals surface area contributed by atoms with Crippen molar-refractivity contribution >= 4 is 21.6 Å². The summed E-state index contributed by atoms with van der Waals surface area (Å²) in [6.07, 6.45) is -4.70. The highest BCUT2D eigenvalue weighted by molar-refractivity contribution is 7.89. The highest BCUT2D eigenvalue weighted by atomic mass is 35.5. The predicted molar refractivity (Wildman–Crippen MR) is 71.1 cm³/mol. The Morgan fingerprint density at radius 2 is 1.75 bits per heavy atom. The fraction of sp³-hybridized carbons (Fsp3) is 0.500. The predicted octanol–water partition coefficient (Wildman–Crippen LogP) is 3.68. The Balaban J connectivity index is 3.21. The van der Waals surface area contributed by atoms with E-state index in [-0.39, 0.29) is 5.92 Å².